The molecule has 0 aromatic rings. The van der Waals surface area contributed by atoms with Gasteiger partial charge >= 0.3 is 8.80 Å². The van der Waals surface area contributed by atoms with Gasteiger partial charge in [-0.1, -0.05) is 13.3 Å². The predicted molar refractivity (Wildman–Crippen MR) is 77.4 cm³/mol. The molecule has 112 valence electrons. The molecule has 5 nitrogen and oxygen atoms in total. The van der Waals surface area contributed by atoms with E-state index < -0.39 is 14.7 Å². The van der Waals surface area contributed by atoms with Gasteiger partial charge in [-0.2, -0.15) is 0 Å². The highest BCUT2D eigenvalue weighted by Crippen LogP contribution is 2.27. The van der Waals surface area contributed by atoms with Crippen LogP contribution in [0.4, 0.5) is 0 Å². The van der Waals surface area contributed by atoms with Gasteiger partial charge in [0.1, 0.15) is 0 Å². The molecule has 0 saturated heterocycles. The monoisotopic (exact) mass is 289 g/mol. The highest BCUT2D eigenvalue weighted by molar-refractivity contribution is 6.69. The fourth-order valence-corrected chi connectivity index (χ4v) is 4.98. The van der Waals surface area contributed by atoms with Crippen molar-refractivity contribution in [2.75, 3.05) is 19.8 Å². The molecule has 2 N–H and O–H groups in total. The van der Waals surface area contributed by atoms with Gasteiger partial charge in [0.15, 0.2) is 0 Å². The summed E-state index contributed by atoms with van der Waals surface area (Å²) < 4.78 is 17.5. The Kier molecular flexibility index (Phi) is 8.91. The number of amides is 1. The second-order valence-electron chi connectivity index (χ2n) is 4.07. The predicted octanol–water partition coefficient (Wildman–Crippen LogP) is 2.18. The Labute approximate surface area is 117 Å². The fourth-order valence-electron chi connectivity index (χ4n) is 1.93. The zero-order chi connectivity index (χ0) is 14.9. The maximum Gasteiger partial charge on any atom is 0.533 e. The SMILES string of the molecule is CCC/C(=C(/C)C(N)=O)[Si](OCC)(OCC)OCC. The molecule has 0 aliphatic heterocycles. The van der Waals surface area contributed by atoms with Crippen LogP contribution in [0.15, 0.2) is 10.8 Å². The van der Waals surface area contributed by atoms with E-state index in [-0.39, 0.29) is 0 Å². The summed E-state index contributed by atoms with van der Waals surface area (Å²) in [4.78, 5) is 11.5. The lowest BCUT2D eigenvalue weighted by molar-refractivity contribution is -0.114. The van der Waals surface area contributed by atoms with Crippen molar-refractivity contribution >= 4 is 14.7 Å². The molecular formula is C13H27NO4Si. The Morgan fingerprint density at radius 2 is 1.42 bits per heavy atom. The summed E-state index contributed by atoms with van der Waals surface area (Å²) in [5.41, 5.74) is 5.91. The first-order valence-electron chi connectivity index (χ1n) is 6.90. The summed E-state index contributed by atoms with van der Waals surface area (Å²) in [6.45, 7) is 10.9. The number of hydrogen-bond donors (Lipinski definition) is 1. The molecule has 0 fully saturated rings. The smallest absolute Gasteiger partial charge is 0.370 e. The van der Waals surface area contributed by atoms with E-state index in [0.29, 0.717) is 31.8 Å². The van der Waals surface area contributed by atoms with Crippen LogP contribution in [-0.2, 0) is 18.1 Å². The third-order valence-electron chi connectivity index (χ3n) is 2.69. The second-order valence-corrected chi connectivity index (χ2v) is 6.65. The van der Waals surface area contributed by atoms with Gasteiger partial charge in [0.25, 0.3) is 0 Å². The lowest BCUT2D eigenvalue weighted by atomic mass is 10.2. The number of rotatable bonds is 10. The van der Waals surface area contributed by atoms with Gasteiger partial charge in [0, 0.05) is 30.6 Å². The molecular weight excluding hydrogens is 262 g/mol. The van der Waals surface area contributed by atoms with Gasteiger partial charge in [0.05, 0.1) is 0 Å². The molecule has 0 unspecified atom stereocenters. The summed E-state index contributed by atoms with van der Waals surface area (Å²) in [7, 11) is -2.99. The van der Waals surface area contributed by atoms with Crippen LogP contribution in [0.3, 0.4) is 0 Å². The van der Waals surface area contributed by atoms with Crippen molar-refractivity contribution in [1.82, 2.24) is 0 Å². The van der Waals surface area contributed by atoms with Crippen molar-refractivity contribution in [3.63, 3.8) is 0 Å². The van der Waals surface area contributed by atoms with Gasteiger partial charge in [-0.25, -0.2) is 0 Å². The Balaban J connectivity index is 5.69. The largest absolute Gasteiger partial charge is 0.533 e. The van der Waals surface area contributed by atoms with Gasteiger partial charge in [-0.15, -0.1) is 0 Å². The van der Waals surface area contributed by atoms with Gasteiger partial charge in [-0.05, 0) is 34.1 Å². The van der Waals surface area contributed by atoms with E-state index >= 15 is 0 Å². The molecule has 0 radical (unpaired) electrons. The highest BCUT2D eigenvalue weighted by atomic mass is 28.4. The number of primary amides is 1. The van der Waals surface area contributed by atoms with E-state index in [1.807, 2.05) is 27.7 Å². The zero-order valence-corrected chi connectivity index (χ0v) is 13.7. The molecule has 1 amide bonds. The minimum atomic E-state index is -2.99. The average molecular weight is 289 g/mol. The van der Waals surface area contributed by atoms with Crippen molar-refractivity contribution in [2.24, 2.45) is 5.73 Å². The molecule has 6 heteroatoms. The first-order chi connectivity index (χ1) is 8.98. The molecule has 19 heavy (non-hydrogen) atoms. The van der Waals surface area contributed by atoms with E-state index in [4.69, 9.17) is 19.0 Å². The Morgan fingerprint density at radius 3 is 1.68 bits per heavy atom. The first kappa shape index (κ1) is 18.3. The van der Waals surface area contributed by atoms with Crippen LogP contribution in [0.5, 0.6) is 0 Å². The van der Waals surface area contributed by atoms with Crippen LogP contribution in [0.2, 0.25) is 0 Å². The number of carbonyl (C=O) groups is 1. The van der Waals surface area contributed by atoms with Crippen molar-refractivity contribution in [3.05, 3.63) is 10.8 Å². The quantitative estimate of drug-likeness (QED) is 0.494. The van der Waals surface area contributed by atoms with Crippen LogP contribution in [-0.4, -0.2) is 34.5 Å². The molecule has 0 aliphatic rings. The molecule has 0 heterocycles. The van der Waals surface area contributed by atoms with E-state index in [2.05, 4.69) is 0 Å². The number of hydrogen-bond acceptors (Lipinski definition) is 4. The minimum absolute atomic E-state index is 0.445. The van der Waals surface area contributed by atoms with Crippen molar-refractivity contribution in [2.45, 2.75) is 47.5 Å². The highest BCUT2D eigenvalue weighted by Gasteiger charge is 2.46. The molecule has 0 aromatic heterocycles. The molecule has 0 spiro atoms. The van der Waals surface area contributed by atoms with Crippen molar-refractivity contribution in [1.29, 1.82) is 0 Å². The third kappa shape index (κ3) is 5.06. The summed E-state index contributed by atoms with van der Waals surface area (Å²) in [5.74, 6) is -0.445. The summed E-state index contributed by atoms with van der Waals surface area (Å²) in [5, 5.41) is 0.813. The van der Waals surface area contributed by atoms with Crippen LogP contribution in [0, 0.1) is 0 Å². The molecule has 0 aromatic carbocycles. The molecule has 0 aliphatic carbocycles. The number of carbonyl (C=O) groups excluding carboxylic acids is 1. The van der Waals surface area contributed by atoms with Crippen LogP contribution in [0.25, 0.3) is 0 Å². The molecule has 0 saturated carbocycles. The standard InChI is InChI=1S/C13H27NO4Si/c1-6-10-12(11(5)13(14)15)19(16-7-2,17-8-3)18-9-4/h6-10H2,1-5H3,(H2,14,15)/b12-11+. The molecule has 0 rings (SSSR count). The van der Waals surface area contributed by atoms with Crippen LogP contribution >= 0.6 is 0 Å². The summed E-state index contributed by atoms with van der Waals surface area (Å²) in [6.07, 6.45) is 1.57. The third-order valence-corrected chi connectivity index (χ3v) is 6.07. The van der Waals surface area contributed by atoms with Gasteiger partial charge in [-0.3, -0.25) is 4.79 Å². The van der Waals surface area contributed by atoms with Crippen LogP contribution in [0.1, 0.15) is 47.5 Å². The van der Waals surface area contributed by atoms with Crippen LogP contribution < -0.4 is 5.73 Å². The maximum atomic E-state index is 11.5. The summed E-state index contributed by atoms with van der Waals surface area (Å²) >= 11 is 0. The zero-order valence-electron chi connectivity index (χ0n) is 12.7. The van der Waals surface area contributed by atoms with Crippen molar-refractivity contribution in [3.8, 4) is 0 Å². The fraction of sp³-hybridized carbons (Fsp3) is 0.769. The summed E-state index contributed by atoms with van der Waals surface area (Å²) in [6, 6.07) is 0. The molecule has 0 atom stereocenters. The van der Waals surface area contributed by atoms with E-state index in [1.165, 1.54) is 0 Å². The van der Waals surface area contributed by atoms with Gasteiger partial charge in [0.2, 0.25) is 5.91 Å². The van der Waals surface area contributed by atoms with E-state index in [1.54, 1.807) is 6.92 Å². The first-order valence-corrected chi connectivity index (χ1v) is 8.63. The van der Waals surface area contributed by atoms with E-state index in [0.717, 1.165) is 11.6 Å². The molecule has 0 bridgehead atoms. The number of nitrogens with two attached hydrogens (primary N) is 1. The van der Waals surface area contributed by atoms with E-state index in [9.17, 15) is 4.79 Å². The number of allylic oxidation sites excluding steroid dienone is 1. The lowest BCUT2D eigenvalue weighted by Gasteiger charge is -2.31. The normalized spacial score (nSPS) is 13.3. The lowest BCUT2D eigenvalue weighted by Crippen LogP contribution is -2.49. The Hall–Kier alpha value is -0.693. The second kappa shape index (κ2) is 9.25. The average Bonchev–Trinajstić information content (AvgIpc) is 2.35. The maximum absolute atomic E-state index is 11.5. The Bertz CT molecular complexity index is 301. The topological polar surface area (TPSA) is 70.8 Å². The minimum Gasteiger partial charge on any atom is -0.370 e. The van der Waals surface area contributed by atoms with Crippen molar-refractivity contribution < 1.29 is 18.1 Å². The van der Waals surface area contributed by atoms with Gasteiger partial charge < -0.3 is 19.0 Å². The Morgan fingerprint density at radius 1 is 1.00 bits per heavy atom.